The van der Waals surface area contributed by atoms with Gasteiger partial charge in [0.25, 0.3) is 0 Å². The van der Waals surface area contributed by atoms with Crippen LogP contribution in [0.4, 0.5) is 0 Å². The Kier molecular flexibility index (Phi) is 3.02. The van der Waals surface area contributed by atoms with E-state index in [-0.39, 0.29) is 6.04 Å². The largest absolute Gasteiger partial charge is 0.376 e. The van der Waals surface area contributed by atoms with Crippen molar-refractivity contribution < 1.29 is 4.74 Å². The molecule has 0 spiro atoms. The van der Waals surface area contributed by atoms with E-state index in [1.54, 1.807) is 0 Å². The van der Waals surface area contributed by atoms with Gasteiger partial charge in [-0.1, -0.05) is 13.8 Å². The fraction of sp³-hybridized carbons (Fsp3) is 0.750. The molecular formula is C16H26N2O. The van der Waals surface area contributed by atoms with Gasteiger partial charge in [0.05, 0.1) is 12.1 Å². The Hall–Kier alpha value is -0.800. The van der Waals surface area contributed by atoms with Crippen LogP contribution in [0.25, 0.3) is 0 Å². The Morgan fingerprint density at radius 3 is 2.79 bits per heavy atom. The SMILES string of the molecule is Cc1cc2c(n1C1CCOC1C)CC(C)(C)CC2N. The molecule has 3 heteroatoms. The number of ether oxygens (including phenoxy) is 1. The third-order valence-electron chi connectivity index (χ3n) is 4.85. The second-order valence-corrected chi connectivity index (χ2v) is 7.14. The number of rotatable bonds is 1. The fourth-order valence-electron chi connectivity index (χ4n) is 3.99. The van der Waals surface area contributed by atoms with Gasteiger partial charge in [-0.25, -0.2) is 0 Å². The molecule has 1 aromatic rings. The standard InChI is InChI=1S/C16H26N2O/c1-10-7-12-13(17)8-16(3,4)9-15(12)18(10)14-5-6-19-11(14)2/h7,11,13-14H,5-6,8-9,17H2,1-4H3. The van der Waals surface area contributed by atoms with E-state index in [9.17, 15) is 0 Å². The highest BCUT2D eigenvalue weighted by atomic mass is 16.5. The second kappa shape index (κ2) is 4.35. The lowest BCUT2D eigenvalue weighted by Crippen LogP contribution is -2.32. The van der Waals surface area contributed by atoms with Crippen LogP contribution in [0, 0.1) is 12.3 Å². The van der Waals surface area contributed by atoms with Crippen molar-refractivity contribution in [2.45, 2.75) is 65.1 Å². The summed E-state index contributed by atoms with van der Waals surface area (Å²) in [6.07, 6.45) is 3.66. The summed E-state index contributed by atoms with van der Waals surface area (Å²) in [6, 6.07) is 2.99. The molecule has 2 aliphatic rings. The Bertz CT molecular complexity index is 489. The van der Waals surface area contributed by atoms with Crippen molar-refractivity contribution in [1.82, 2.24) is 4.57 Å². The second-order valence-electron chi connectivity index (χ2n) is 7.14. The van der Waals surface area contributed by atoms with E-state index < -0.39 is 0 Å². The molecule has 1 fully saturated rings. The van der Waals surface area contributed by atoms with Crippen LogP contribution in [0.15, 0.2) is 6.07 Å². The maximum Gasteiger partial charge on any atom is 0.0754 e. The maximum atomic E-state index is 6.39. The summed E-state index contributed by atoms with van der Waals surface area (Å²) in [5.74, 6) is 0. The van der Waals surface area contributed by atoms with E-state index in [2.05, 4.69) is 38.3 Å². The molecule has 3 unspecified atom stereocenters. The highest BCUT2D eigenvalue weighted by molar-refractivity contribution is 5.35. The highest BCUT2D eigenvalue weighted by Gasteiger charge is 2.36. The molecule has 2 heterocycles. The van der Waals surface area contributed by atoms with E-state index >= 15 is 0 Å². The Morgan fingerprint density at radius 1 is 1.42 bits per heavy atom. The van der Waals surface area contributed by atoms with Crippen LogP contribution < -0.4 is 5.73 Å². The van der Waals surface area contributed by atoms with Gasteiger partial charge < -0.3 is 15.0 Å². The molecule has 0 amide bonds. The average Bonchev–Trinajstić information content (AvgIpc) is 2.81. The van der Waals surface area contributed by atoms with Crippen molar-refractivity contribution in [3.05, 3.63) is 23.0 Å². The third-order valence-corrected chi connectivity index (χ3v) is 4.85. The van der Waals surface area contributed by atoms with Gasteiger partial charge >= 0.3 is 0 Å². The van der Waals surface area contributed by atoms with E-state index in [0.29, 0.717) is 17.6 Å². The van der Waals surface area contributed by atoms with Crippen molar-refractivity contribution in [2.24, 2.45) is 11.1 Å². The van der Waals surface area contributed by atoms with Crippen molar-refractivity contribution >= 4 is 0 Å². The predicted molar refractivity (Wildman–Crippen MR) is 77.3 cm³/mol. The van der Waals surface area contributed by atoms with Crippen LogP contribution in [0.2, 0.25) is 0 Å². The molecule has 3 rings (SSSR count). The molecule has 1 aliphatic carbocycles. The van der Waals surface area contributed by atoms with E-state index in [4.69, 9.17) is 10.5 Å². The van der Waals surface area contributed by atoms with E-state index in [1.165, 1.54) is 17.0 Å². The maximum absolute atomic E-state index is 6.39. The first kappa shape index (κ1) is 13.2. The molecule has 106 valence electrons. The van der Waals surface area contributed by atoms with Crippen molar-refractivity contribution in [3.8, 4) is 0 Å². The Balaban J connectivity index is 2.07. The molecule has 3 atom stereocenters. The molecule has 19 heavy (non-hydrogen) atoms. The number of nitrogens with zero attached hydrogens (tertiary/aromatic N) is 1. The van der Waals surface area contributed by atoms with Crippen LogP contribution in [0.1, 0.15) is 62.6 Å². The summed E-state index contributed by atoms with van der Waals surface area (Å²) >= 11 is 0. The average molecular weight is 262 g/mol. The minimum absolute atomic E-state index is 0.191. The summed E-state index contributed by atoms with van der Waals surface area (Å²) in [6.45, 7) is 9.95. The molecule has 0 radical (unpaired) electrons. The van der Waals surface area contributed by atoms with Gasteiger partial charge in [0.2, 0.25) is 0 Å². The molecule has 3 nitrogen and oxygen atoms in total. The topological polar surface area (TPSA) is 40.2 Å². The number of aromatic nitrogens is 1. The molecule has 1 saturated heterocycles. The smallest absolute Gasteiger partial charge is 0.0754 e. The Labute approximate surface area is 116 Å². The molecule has 1 aliphatic heterocycles. The summed E-state index contributed by atoms with van der Waals surface area (Å²) in [5.41, 5.74) is 10.9. The number of nitrogens with two attached hydrogens (primary N) is 1. The van der Waals surface area contributed by atoms with Crippen LogP contribution in [0.5, 0.6) is 0 Å². The normalized spacial score (nSPS) is 33.4. The van der Waals surface area contributed by atoms with Crippen molar-refractivity contribution in [1.29, 1.82) is 0 Å². The first-order valence-corrected chi connectivity index (χ1v) is 7.47. The fourth-order valence-corrected chi connectivity index (χ4v) is 3.99. The first-order chi connectivity index (χ1) is 8.89. The van der Waals surface area contributed by atoms with Gasteiger partial charge in [0.1, 0.15) is 0 Å². The monoisotopic (exact) mass is 262 g/mol. The zero-order valence-corrected chi connectivity index (χ0v) is 12.6. The lowest BCUT2D eigenvalue weighted by Gasteiger charge is -2.35. The van der Waals surface area contributed by atoms with E-state index in [1.807, 2.05) is 0 Å². The minimum atomic E-state index is 0.191. The summed E-state index contributed by atoms with van der Waals surface area (Å²) < 4.78 is 8.28. The van der Waals surface area contributed by atoms with Crippen LogP contribution in [0.3, 0.4) is 0 Å². The quantitative estimate of drug-likeness (QED) is 0.844. The number of aryl methyl sites for hydroxylation is 1. The van der Waals surface area contributed by atoms with Gasteiger partial charge in [0, 0.05) is 24.0 Å². The predicted octanol–water partition coefficient (Wildman–Crippen LogP) is 3.12. The highest BCUT2D eigenvalue weighted by Crippen LogP contribution is 2.43. The third kappa shape index (κ3) is 2.13. The molecular weight excluding hydrogens is 236 g/mol. The zero-order chi connectivity index (χ0) is 13.8. The Morgan fingerprint density at radius 2 is 2.16 bits per heavy atom. The van der Waals surface area contributed by atoms with Gasteiger partial charge in [-0.2, -0.15) is 0 Å². The number of hydrogen-bond donors (Lipinski definition) is 1. The lowest BCUT2D eigenvalue weighted by atomic mass is 9.74. The summed E-state index contributed by atoms with van der Waals surface area (Å²) in [5, 5.41) is 0. The van der Waals surface area contributed by atoms with Gasteiger partial charge in [-0.15, -0.1) is 0 Å². The van der Waals surface area contributed by atoms with Gasteiger partial charge in [-0.05, 0) is 50.2 Å². The minimum Gasteiger partial charge on any atom is -0.376 e. The number of hydrogen-bond acceptors (Lipinski definition) is 2. The molecule has 0 aromatic carbocycles. The van der Waals surface area contributed by atoms with Gasteiger partial charge in [0.15, 0.2) is 0 Å². The summed E-state index contributed by atoms with van der Waals surface area (Å²) in [7, 11) is 0. The number of fused-ring (bicyclic) bond motifs is 1. The van der Waals surface area contributed by atoms with Gasteiger partial charge in [-0.3, -0.25) is 0 Å². The molecule has 2 N–H and O–H groups in total. The summed E-state index contributed by atoms with van der Waals surface area (Å²) in [4.78, 5) is 0. The van der Waals surface area contributed by atoms with Crippen molar-refractivity contribution in [3.63, 3.8) is 0 Å². The van der Waals surface area contributed by atoms with Crippen molar-refractivity contribution in [2.75, 3.05) is 6.61 Å². The molecule has 0 saturated carbocycles. The zero-order valence-electron chi connectivity index (χ0n) is 12.6. The lowest BCUT2D eigenvalue weighted by molar-refractivity contribution is 0.106. The van der Waals surface area contributed by atoms with E-state index in [0.717, 1.165) is 25.9 Å². The molecule has 1 aromatic heterocycles. The van der Waals surface area contributed by atoms with Crippen LogP contribution in [-0.2, 0) is 11.2 Å². The first-order valence-electron chi connectivity index (χ1n) is 7.47. The van der Waals surface area contributed by atoms with Crippen LogP contribution in [-0.4, -0.2) is 17.3 Å². The molecule has 0 bridgehead atoms. The van der Waals surface area contributed by atoms with Crippen LogP contribution >= 0.6 is 0 Å².